The minimum atomic E-state index is 0.360. The highest BCUT2D eigenvalue weighted by Crippen LogP contribution is 2.64. The quantitative estimate of drug-likeness (QED) is 0.727. The van der Waals surface area contributed by atoms with Crippen molar-refractivity contribution in [2.45, 2.75) is 38.6 Å². The van der Waals surface area contributed by atoms with Crippen LogP contribution in [0.1, 0.15) is 48.1 Å². The zero-order valence-corrected chi connectivity index (χ0v) is 14.9. The summed E-state index contributed by atoms with van der Waals surface area (Å²) >= 11 is 0. The van der Waals surface area contributed by atoms with Gasteiger partial charge in [0.05, 0.1) is 11.1 Å². The summed E-state index contributed by atoms with van der Waals surface area (Å²) < 4.78 is 7.70. The average molecular weight is 347 g/mol. The molecule has 0 aromatic carbocycles. The zero-order valence-electron chi connectivity index (χ0n) is 14.9. The van der Waals surface area contributed by atoms with Gasteiger partial charge in [0.2, 0.25) is 11.8 Å². The number of piperidine rings is 1. The molecular weight excluding hydrogens is 326 g/mol. The van der Waals surface area contributed by atoms with E-state index in [1.165, 1.54) is 6.42 Å². The van der Waals surface area contributed by atoms with Crippen molar-refractivity contribution in [2.75, 3.05) is 13.1 Å². The van der Waals surface area contributed by atoms with Crippen molar-refractivity contribution < 1.29 is 4.42 Å². The van der Waals surface area contributed by atoms with Gasteiger partial charge in [-0.2, -0.15) is 5.26 Å². The summed E-state index contributed by atoms with van der Waals surface area (Å²) in [5.41, 5.74) is 3.28. The van der Waals surface area contributed by atoms with E-state index in [-0.39, 0.29) is 0 Å². The standard InChI is InChI=1S/C20H21N5O/c1-14-22-23-19(26-14)17-10-20(17)5-8-24(9-6-20)12-15-13-25-7-3-2-4-18(25)16(15)11-21/h2-4,7,13,17H,5-6,8-10,12H2,1H3. The van der Waals surface area contributed by atoms with Crippen LogP contribution in [-0.4, -0.2) is 32.6 Å². The number of fused-ring (bicyclic) bond motifs is 1. The van der Waals surface area contributed by atoms with E-state index in [4.69, 9.17) is 4.42 Å². The molecule has 0 amide bonds. The summed E-state index contributed by atoms with van der Waals surface area (Å²) in [5.74, 6) is 1.92. The van der Waals surface area contributed by atoms with Gasteiger partial charge in [0, 0.05) is 37.3 Å². The van der Waals surface area contributed by atoms with E-state index >= 15 is 0 Å². The van der Waals surface area contributed by atoms with Crippen molar-refractivity contribution >= 4 is 5.52 Å². The predicted molar refractivity (Wildman–Crippen MR) is 95.4 cm³/mol. The van der Waals surface area contributed by atoms with Crippen LogP contribution < -0.4 is 0 Å². The molecule has 1 saturated carbocycles. The second-order valence-corrected chi connectivity index (χ2v) is 7.69. The molecule has 0 bridgehead atoms. The Bertz CT molecular complexity index is 1000. The molecule has 5 rings (SSSR count). The van der Waals surface area contributed by atoms with Gasteiger partial charge in [-0.15, -0.1) is 10.2 Å². The molecule has 0 radical (unpaired) electrons. The second kappa shape index (κ2) is 5.68. The number of nitriles is 1. The fourth-order valence-corrected chi connectivity index (χ4v) is 4.53. The van der Waals surface area contributed by atoms with E-state index < -0.39 is 0 Å². The van der Waals surface area contributed by atoms with Crippen molar-refractivity contribution in [3.63, 3.8) is 0 Å². The molecule has 1 aliphatic heterocycles. The number of likely N-dealkylation sites (tertiary alicyclic amines) is 1. The predicted octanol–water partition coefficient (Wildman–Crippen LogP) is 3.27. The van der Waals surface area contributed by atoms with E-state index in [1.54, 1.807) is 0 Å². The topological polar surface area (TPSA) is 70.4 Å². The van der Waals surface area contributed by atoms with Crippen LogP contribution >= 0.6 is 0 Å². The lowest BCUT2D eigenvalue weighted by atomic mass is 9.90. The minimum Gasteiger partial charge on any atom is -0.425 e. The smallest absolute Gasteiger partial charge is 0.220 e. The number of rotatable bonds is 3. The molecule has 132 valence electrons. The van der Waals surface area contributed by atoms with E-state index in [9.17, 15) is 5.26 Å². The maximum Gasteiger partial charge on any atom is 0.220 e. The lowest BCUT2D eigenvalue weighted by Crippen LogP contribution is -2.34. The molecule has 1 unspecified atom stereocenters. The molecule has 26 heavy (non-hydrogen) atoms. The van der Waals surface area contributed by atoms with Gasteiger partial charge in [-0.3, -0.25) is 4.90 Å². The highest BCUT2D eigenvalue weighted by Gasteiger charge is 2.58. The monoisotopic (exact) mass is 347 g/mol. The molecule has 3 aromatic heterocycles. The first-order valence-corrected chi connectivity index (χ1v) is 9.19. The Morgan fingerprint density at radius 1 is 1.31 bits per heavy atom. The molecule has 2 fully saturated rings. The first-order valence-electron chi connectivity index (χ1n) is 9.19. The molecule has 6 heteroatoms. The maximum atomic E-state index is 9.59. The van der Waals surface area contributed by atoms with E-state index in [1.807, 2.05) is 35.7 Å². The Kier molecular flexibility index (Phi) is 3.41. The minimum absolute atomic E-state index is 0.360. The lowest BCUT2D eigenvalue weighted by Gasteiger charge is -2.32. The van der Waals surface area contributed by atoms with Crippen LogP contribution in [0.2, 0.25) is 0 Å². The zero-order chi connectivity index (χ0) is 17.7. The van der Waals surface area contributed by atoms with E-state index in [0.717, 1.165) is 55.0 Å². The Hall–Kier alpha value is -2.65. The van der Waals surface area contributed by atoms with Gasteiger partial charge in [0.15, 0.2) is 0 Å². The van der Waals surface area contributed by atoms with Gasteiger partial charge in [-0.25, -0.2) is 0 Å². The van der Waals surface area contributed by atoms with Gasteiger partial charge < -0.3 is 8.82 Å². The molecule has 1 spiro atoms. The van der Waals surface area contributed by atoms with Crippen LogP contribution in [0.5, 0.6) is 0 Å². The molecule has 6 nitrogen and oxygen atoms in total. The molecule has 2 aliphatic rings. The van der Waals surface area contributed by atoms with Gasteiger partial charge in [-0.05, 0) is 49.9 Å². The van der Waals surface area contributed by atoms with Crippen molar-refractivity contribution in [3.8, 4) is 6.07 Å². The third-order valence-corrected chi connectivity index (χ3v) is 6.15. The van der Waals surface area contributed by atoms with Crippen LogP contribution in [0.3, 0.4) is 0 Å². The second-order valence-electron chi connectivity index (χ2n) is 7.69. The number of pyridine rings is 1. The molecule has 1 atom stereocenters. The number of aromatic nitrogens is 3. The number of hydrogen-bond acceptors (Lipinski definition) is 5. The molecular formula is C20H21N5O. The van der Waals surface area contributed by atoms with Crippen molar-refractivity contribution in [1.82, 2.24) is 19.5 Å². The van der Waals surface area contributed by atoms with Gasteiger partial charge in [0.1, 0.15) is 6.07 Å². The largest absolute Gasteiger partial charge is 0.425 e. The summed E-state index contributed by atoms with van der Waals surface area (Å²) in [4.78, 5) is 2.47. The molecule has 4 heterocycles. The summed E-state index contributed by atoms with van der Waals surface area (Å²) in [7, 11) is 0. The molecule has 0 N–H and O–H groups in total. The fourth-order valence-electron chi connectivity index (χ4n) is 4.53. The highest BCUT2D eigenvalue weighted by molar-refractivity contribution is 5.65. The lowest BCUT2D eigenvalue weighted by molar-refractivity contribution is 0.160. The maximum absolute atomic E-state index is 9.59. The molecule has 1 saturated heterocycles. The van der Waals surface area contributed by atoms with Crippen molar-refractivity contribution in [2.24, 2.45) is 5.41 Å². The number of nitrogens with zero attached hydrogens (tertiary/aromatic N) is 5. The van der Waals surface area contributed by atoms with Gasteiger partial charge in [-0.1, -0.05) is 6.07 Å². The number of hydrogen-bond donors (Lipinski definition) is 0. The summed E-state index contributed by atoms with van der Waals surface area (Å²) in [6.45, 7) is 4.80. The van der Waals surface area contributed by atoms with Crippen LogP contribution in [0, 0.1) is 23.7 Å². The fraction of sp³-hybridized carbons (Fsp3) is 0.450. The third-order valence-electron chi connectivity index (χ3n) is 6.15. The van der Waals surface area contributed by atoms with E-state index in [0.29, 0.717) is 17.2 Å². The molecule has 3 aromatic rings. The first-order chi connectivity index (χ1) is 12.7. The van der Waals surface area contributed by atoms with Crippen LogP contribution in [0.4, 0.5) is 0 Å². The van der Waals surface area contributed by atoms with Crippen molar-refractivity contribution in [1.29, 1.82) is 5.26 Å². The Labute approximate surface area is 152 Å². The average Bonchev–Trinajstić information content (AvgIpc) is 2.99. The first kappa shape index (κ1) is 15.6. The summed E-state index contributed by atoms with van der Waals surface area (Å²) in [6.07, 6.45) is 7.59. The van der Waals surface area contributed by atoms with E-state index in [2.05, 4.69) is 27.4 Å². The summed E-state index contributed by atoms with van der Waals surface area (Å²) in [5, 5.41) is 17.8. The Morgan fingerprint density at radius 2 is 2.15 bits per heavy atom. The van der Waals surface area contributed by atoms with Crippen LogP contribution in [0.15, 0.2) is 35.0 Å². The van der Waals surface area contributed by atoms with Gasteiger partial charge in [0.25, 0.3) is 0 Å². The normalized spacial score (nSPS) is 21.9. The third kappa shape index (κ3) is 2.43. The Balaban J connectivity index is 1.28. The summed E-state index contributed by atoms with van der Waals surface area (Å²) in [6, 6.07) is 8.38. The van der Waals surface area contributed by atoms with Crippen LogP contribution in [-0.2, 0) is 6.54 Å². The van der Waals surface area contributed by atoms with Gasteiger partial charge >= 0.3 is 0 Å². The number of aryl methyl sites for hydroxylation is 1. The molecule has 1 aliphatic carbocycles. The highest BCUT2D eigenvalue weighted by atomic mass is 16.4. The van der Waals surface area contributed by atoms with Crippen LogP contribution in [0.25, 0.3) is 5.52 Å². The SMILES string of the molecule is Cc1nnc(C2CC23CCN(Cc2cn4ccccc4c2C#N)CC3)o1. The Morgan fingerprint density at radius 3 is 2.88 bits per heavy atom. The van der Waals surface area contributed by atoms with Crippen molar-refractivity contribution in [3.05, 3.63) is 53.5 Å².